The molecule has 2 atom stereocenters. The highest BCUT2D eigenvalue weighted by molar-refractivity contribution is 7.91. The van der Waals surface area contributed by atoms with Crippen molar-refractivity contribution in [3.8, 4) is 0 Å². The fourth-order valence-corrected chi connectivity index (χ4v) is 2.56. The van der Waals surface area contributed by atoms with Crippen LogP contribution in [0.1, 0.15) is 18.7 Å². The predicted molar refractivity (Wildman–Crippen MR) is 70.6 cm³/mol. The number of rotatable bonds is 4. The molecule has 2 aromatic rings. The van der Waals surface area contributed by atoms with E-state index in [-0.39, 0.29) is 0 Å². The molecule has 0 aliphatic rings. The number of nitrogens with two attached hydrogens (primary N) is 1. The van der Waals surface area contributed by atoms with E-state index in [1.54, 1.807) is 6.92 Å². The van der Waals surface area contributed by atoms with Crippen LogP contribution in [0.4, 0.5) is 0 Å². The van der Waals surface area contributed by atoms with Crippen LogP contribution < -0.4 is 11.3 Å². The molecule has 6 heteroatoms. The molecule has 0 spiro atoms. The second-order valence-electron chi connectivity index (χ2n) is 4.37. The van der Waals surface area contributed by atoms with Gasteiger partial charge in [-0.1, -0.05) is 18.2 Å². The molecule has 1 aromatic heterocycles. The number of furan rings is 1. The average molecular weight is 268 g/mol. The summed E-state index contributed by atoms with van der Waals surface area (Å²) in [5.74, 6) is 5.97. The number of fused-ring (bicyclic) bond motifs is 1. The molecule has 0 bridgehead atoms. The summed E-state index contributed by atoms with van der Waals surface area (Å²) in [6.45, 7) is 1.60. The molecule has 2 unspecified atom stereocenters. The maximum absolute atomic E-state index is 11.6. The highest BCUT2D eigenvalue weighted by atomic mass is 32.2. The smallest absolute Gasteiger partial charge is 0.152 e. The average Bonchev–Trinajstić information content (AvgIpc) is 2.71. The number of para-hydroxylation sites is 1. The molecule has 0 saturated heterocycles. The summed E-state index contributed by atoms with van der Waals surface area (Å²) >= 11 is 0. The summed E-state index contributed by atoms with van der Waals surface area (Å²) in [5.41, 5.74) is 3.23. The highest BCUT2D eigenvalue weighted by Gasteiger charge is 2.29. The molecule has 0 fully saturated rings. The fourth-order valence-electron chi connectivity index (χ4n) is 1.85. The molecule has 18 heavy (non-hydrogen) atoms. The van der Waals surface area contributed by atoms with Crippen LogP contribution in [-0.2, 0) is 9.84 Å². The number of sulfone groups is 1. The van der Waals surface area contributed by atoms with E-state index in [4.69, 9.17) is 10.3 Å². The van der Waals surface area contributed by atoms with Gasteiger partial charge in [0.15, 0.2) is 9.84 Å². The van der Waals surface area contributed by atoms with Crippen molar-refractivity contribution < 1.29 is 12.8 Å². The van der Waals surface area contributed by atoms with Crippen molar-refractivity contribution in [3.05, 3.63) is 36.1 Å². The van der Waals surface area contributed by atoms with E-state index in [1.165, 1.54) is 6.26 Å². The zero-order chi connectivity index (χ0) is 13.3. The maximum Gasteiger partial charge on any atom is 0.152 e. The van der Waals surface area contributed by atoms with Crippen LogP contribution in [0.25, 0.3) is 11.0 Å². The Balaban J connectivity index is 2.44. The molecule has 0 amide bonds. The minimum atomic E-state index is -3.20. The van der Waals surface area contributed by atoms with Gasteiger partial charge in [0, 0.05) is 11.6 Å². The summed E-state index contributed by atoms with van der Waals surface area (Å²) < 4.78 is 28.8. The van der Waals surface area contributed by atoms with Gasteiger partial charge in [0.2, 0.25) is 0 Å². The lowest BCUT2D eigenvalue weighted by molar-refractivity contribution is 0.424. The largest absolute Gasteiger partial charge is 0.459 e. The lowest BCUT2D eigenvalue weighted by Gasteiger charge is -2.19. The summed E-state index contributed by atoms with van der Waals surface area (Å²) in [5, 5.41) is 0.261. The molecular formula is C12H16N2O3S. The van der Waals surface area contributed by atoms with E-state index < -0.39 is 21.1 Å². The van der Waals surface area contributed by atoms with Crippen molar-refractivity contribution in [1.29, 1.82) is 0 Å². The Morgan fingerprint density at radius 2 is 2.00 bits per heavy atom. The monoisotopic (exact) mass is 268 g/mol. The molecule has 98 valence electrons. The van der Waals surface area contributed by atoms with Gasteiger partial charge in [-0.05, 0) is 19.1 Å². The van der Waals surface area contributed by atoms with E-state index in [0.717, 1.165) is 5.39 Å². The van der Waals surface area contributed by atoms with Crippen molar-refractivity contribution >= 4 is 20.8 Å². The normalized spacial score (nSPS) is 15.7. The van der Waals surface area contributed by atoms with Crippen LogP contribution in [0.5, 0.6) is 0 Å². The number of hydrogen-bond acceptors (Lipinski definition) is 5. The van der Waals surface area contributed by atoms with Crippen LogP contribution in [0.3, 0.4) is 0 Å². The van der Waals surface area contributed by atoms with Crippen molar-refractivity contribution in [1.82, 2.24) is 5.43 Å². The number of nitrogens with one attached hydrogen (secondary N) is 1. The van der Waals surface area contributed by atoms with Gasteiger partial charge in [-0.15, -0.1) is 0 Å². The van der Waals surface area contributed by atoms with Crippen molar-refractivity contribution in [3.63, 3.8) is 0 Å². The number of benzene rings is 1. The summed E-state index contributed by atoms with van der Waals surface area (Å²) in [7, 11) is -3.20. The Hall–Kier alpha value is -1.37. The Labute approximate surface area is 106 Å². The Bertz CT molecular complexity index is 615. The molecule has 1 heterocycles. The maximum atomic E-state index is 11.6. The zero-order valence-corrected chi connectivity index (χ0v) is 11.1. The standard InChI is InChI=1S/C12H16N2O3S/c1-8(18(2,15)16)12(14-13)11-7-9-5-3-4-6-10(9)17-11/h3-8,12,14H,13H2,1-2H3. The van der Waals surface area contributed by atoms with Gasteiger partial charge in [0.25, 0.3) is 0 Å². The molecule has 0 aliphatic heterocycles. The van der Waals surface area contributed by atoms with Crippen LogP contribution in [0.15, 0.2) is 34.7 Å². The van der Waals surface area contributed by atoms with Gasteiger partial charge in [0.05, 0.1) is 11.3 Å². The first-order valence-corrected chi connectivity index (χ1v) is 7.52. The lowest BCUT2D eigenvalue weighted by atomic mass is 10.1. The van der Waals surface area contributed by atoms with Gasteiger partial charge >= 0.3 is 0 Å². The molecule has 1 aromatic carbocycles. The summed E-state index contributed by atoms with van der Waals surface area (Å²) in [6.07, 6.45) is 1.19. The Morgan fingerprint density at radius 1 is 1.33 bits per heavy atom. The van der Waals surface area contributed by atoms with Crippen molar-refractivity contribution in [2.45, 2.75) is 18.2 Å². The minimum absolute atomic E-state index is 0.525. The molecule has 0 radical (unpaired) electrons. The Kier molecular flexibility index (Phi) is 3.43. The van der Waals surface area contributed by atoms with Gasteiger partial charge < -0.3 is 4.42 Å². The summed E-state index contributed by atoms with van der Waals surface area (Å²) in [4.78, 5) is 0. The van der Waals surface area contributed by atoms with E-state index in [9.17, 15) is 8.42 Å². The third kappa shape index (κ3) is 2.40. The van der Waals surface area contributed by atoms with E-state index in [2.05, 4.69) is 5.43 Å². The van der Waals surface area contributed by atoms with E-state index in [1.807, 2.05) is 30.3 Å². The van der Waals surface area contributed by atoms with Gasteiger partial charge in [-0.3, -0.25) is 5.84 Å². The first-order valence-electron chi connectivity index (χ1n) is 5.57. The van der Waals surface area contributed by atoms with Gasteiger partial charge in [-0.2, -0.15) is 0 Å². The zero-order valence-electron chi connectivity index (χ0n) is 10.3. The fraction of sp³-hybridized carbons (Fsp3) is 0.333. The van der Waals surface area contributed by atoms with Crippen LogP contribution in [-0.4, -0.2) is 19.9 Å². The Morgan fingerprint density at radius 3 is 2.56 bits per heavy atom. The van der Waals surface area contributed by atoms with Crippen LogP contribution >= 0.6 is 0 Å². The molecule has 0 aliphatic carbocycles. The molecule has 2 rings (SSSR count). The molecule has 0 saturated carbocycles. The second-order valence-corrected chi connectivity index (χ2v) is 6.77. The minimum Gasteiger partial charge on any atom is -0.459 e. The van der Waals surface area contributed by atoms with Gasteiger partial charge in [0.1, 0.15) is 11.3 Å². The van der Waals surface area contributed by atoms with Crippen LogP contribution in [0.2, 0.25) is 0 Å². The summed E-state index contributed by atoms with van der Waals surface area (Å²) in [6, 6.07) is 8.74. The molecule has 3 N–H and O–H groups in total. The molecular weight excluding hydrogens is 252 g/mol. The second kappa shape index (κ2) is 4.72. The molecule has 5 nitrogen and oxygen atoms in total. The van der Waals surface area contributed by atoms with Crippen molar-refractivity contribution in [2.24, 2.45) is 5.84 Å². The number of hydrazine groups is 1. The number of hydrogen-bond donors (Lipinski definition) is 2. The van der Waals surface area contributed by atoms with Gasteiger partial charge in [-0.25, -0.2) is 13.8 Å². The highest BCUT2D eigenvalue weighted by Crippen LogP contribution is 2.27. The van der Waals surface area contributed by atoms with Crippen LogP contribution in [0, 0.1) is 0 Å². The van der Waals surface area contributed by atoms with E-state index in [0.29, 0.717) is 11.3 Å². The third-order valence-electron chi connectivity index (χ3n) is 3.08. The van der Waals surface area contributed by atoms with E-state index >= 15 is 0 Å². The topological polar surface area (TPSA) is 85.3 Å². The quantitative estimate of drug-likeness (QED) is 0.646. The van der Waals surface area contributed by atoms with Crippen molar-refractivity contribution in [2.75, 3.05) is 6.26 Å². The SMILES string of the molecule is CC(C(NN)c1cc2ccccc2o1)S(C)(=O)=O. The predicted octanol–water partition coefficient (Wildman–Crippen LogP) is 1.37. The first-order chi connectivity index (χ1) is 8.43. The third-order valence-corrected chi connectivity index (χ3v) is 4.70. The first kappa shape index (κ1) is 13.1. The lowest BCUT2D eigenvalue weighted by Crippen LogP contribution is -2.38.